The summed E-state index contributed by atoms with van der Waals surface area (Å²) in [4.78, 5) is 0. The minimum atomic E-state index is -0.541. The standard InChI is InChI=1S/C14H29NO2/c16-13-9-5-3-1-2-4-8-12-15-14(17)10-6-7-11-14/h15-17H,1-13H2. The maximum atomic E-state index is 10.1. The molecule has 1 aliphatic rings. The van der Waals surface area contributed by atoms with Crippen molar-refractivity contribution in [3.8, 4) is 0 Å². The highest BCUT2D eigenvalue weighted by Gasteiger charge is 2.29. The Kier molecular flexibility index (Phi) is 7.82. The SMILES string of the molecule is OCCCCCCCCCNC1(O)CCCC1. The molecule has 0 amide bonds. The molecule has 1 fully saturated rings. The van der Waals surface area contributed by atoms with Gasteiger partial charge in [-0.2, -0.15) is 0 Å². The third-order valence-electron chi connectivity index (χ3n) is 3.72. The van der Waals surface area contributed by atoms with Crippen LogP contribution < -0.4 is 5.32 Å². The Hall–Kier alpha value is -0.120. The minimum Gasteiger partial charge on any atom is -0.396 e. The summed E-state index contributed by atoms with van der Waals surface area (Å²) in [6.07, 6.45) is 12.5. The molecule has 0 aromatic rings. The average Bonchev–Trinajstić information content (AvgIpc) is 2.74. The molecule has 0 aromatic heterocycles. The molecule has 0 radical (unpaired) electrons. The number of hydrogen-bond acceptors (Lipinski definition) is 3. The van der Waals surface area contributed by atoms with Gasteiger partial charge in [0.2, 0.25) is 0 Å². The number of nitrogens with one attached hydrogen (secondary N) is 1. The van der Waals surface area contributed by atoms with Crippen LogP contribution in [0.25, 0.3) is 0 Å². The predicted octanol–water partition coefficient (Wildman–Crippen LogP) is 2.56. The lowest BCUT2D eigenvalue weighted by Gasteiger charge is -2.23. The second-order valence-electron chi connectivity index (χ2n) is 5.36. The molecule has 17 heavy (non-hydrogen) atoms. The van der Waals surface area contributed by atoms with Gasteiger partial charge in [-0.25, -0.2) is 0 Å². The molecule has 0 bridgehead atoms. The lowest BCUT2D eigenvalue weighted by molar-refractivity contribution is 0.0123. The van der Waals surface area contributed by atoms with Crippen molar-refractivity contribution in [1.82, 2.24) is 5.32 Å². The van der Waals surface area contributed by atoms with Crippen molar-refractivity contribution in [2.45, 2.75) is 76.4 Å². The summed E-state index contributed by atoms with van der Waals surface area (Å²) < 4.78 is 0. The smallest absolute Gasteiger partial charge is 0.116 e. The van der Waals surface area contributed by atoms with Gasteiger partial charge in [-0.15, -0.1) is 0 Å². The van der Waals surface area contributed by atoms with Crippen molar-refractivity contribution in [2.75, 3.05) is 13.2 Å². The zero-order chi connectivity index (χ0) is 12.4. The fourth-order valence-electron chi connectivity index (χ4n) is 2.58. The van der Waals surface area contributed by atoms with Crippen LogP contribution in [-0.2, 0) is 0 Å². The van der Waals surface area contributed by atoms with E-state index in [-0.39, 0.29) is 0 Å². The summed E-state index contributed by atoms with van der Waals surface area (Å²) in [6.45, 7) is 1.29. The quantitative estimate of drug-likeness (QED) is 0.408. The van der Waals surface area contributed by atoms with Crippen LogP contribution in [0, 0.1) is 0 Å². The molecular weight excluding hydrogens is 214 g/mol. The molecule has 3 N–H and O–H groups in total. The topological polar surface area (TPSA) is 52.5 Å². The molecule has 0 heterocycles. The third kappa shape index (κ3) is 7.02. The van der Waals surface area contributed by atoms with Crippen molar-refractivity contribution in [2.24, 2.45) is 0 Å². The Morgan fingerprint density at radius 2 is 1.35 bits per heavy atom. The molecule has 3 heteroatoms. The van der Waals surface area contributed by atoms with Gasteiger partial charge < -0.3 is 10.2 Å². The Balaban J connectivity index is 1.81. The van der Waals surface area contributed by atoms with Gasteiger partial charge in [0.15, 0.2) is 0 Å². The van der Waals surface area contributed by atoms with Crippen molar-refractivity contribution in [3.63, 3.8) is 0 Å². The normalized spacial score (nSPS) is 18.7. The van der Waals surface area contributed by atoms with E-state index in [1.54, 1.807) is 0 Å². The van der Waals surface area contributed by atoms with Gasteiger partial charge in [0.1, 0.15) is 5.72 Å². The number of unbranched alkanes of at least 4 members (excludes halogenated alkanes) is 6. The number of aliphatic hydroxyl groups excluding tert-OH is 1. The molecule has 0 saturated heterocycles. The van der Waals surface area contributed by atoms with E-state index in [9.17, 15) is 5.11 Å². The summed E-state index contributed by atoms with van der Waals surface area (Å²) in [7, 11) is 0. The molecule has 1 aliphatic carbocycles. The highest BCUT2D eigenvalue weighted by molar-refractivity contribution is 4.81. The van der Waals surface area contributed by atoms with Crippen LogP contribution in [0.3, 0.4) is 0 Å². The zero-order valence-corrected chi connectivity index (χ0v) is 11.1. The Bertz CT molecular complexity index is 179. The fourth-order valence-corrected chi connectivity index (χ4v) is 2.58. The maximum Gasteiger partial charge on any atom is 0.116 e. The first kappa shape index (κ1) is 14.9. The summed E-state index contributed by atoms with van der Waals surface area (Å²) in [6, 6.07) is 0. The molecule has 102 valence electrons. The van der Waals surface area contributed by atoms with Gasteiger partial charge in [-0.05, 0) is 45.1 Å². The second kappa shape index (κ2) is 8.90. The highest BCUT2D eigenvalue weighted by Crippen LogP contribution is 2.26. The van der Waals surface area contributed by atoms with E-state index in [0.29, 0.717) is 6.61 Å². The van der Waals surface area contributed by atoms with Crippen LogP contribution >= 0.6 is 0 Å². The predicted molar refractivity (Wildman–Crippen MR) is 70.8 cm³/mol. The van der Waals surface area contributed by atoms with E-state index < -0.39 is 5.72 Å². The van der Waals surface area contributed by atoms with Gasteiger partial charge >= 0.3 is 0 Å². The van der Waals surface area contributed by atoms with E-state index in [1.807, 2.05) is 0 Å². The van der Waals surface area contributed by atoms with Gasteiger partial charge in [0, 0.05) is 6.61 Å². The number of rotatable bonds is 10. The summed E-state index contributed by atoms with van der Waals surface area (Å²) in [5.74, 6) is 0. The molecule has 0 unspecified atom stereocenters. The van der Waals surface area contributed by atoms with Crippen molar-refractivity contribution in [1.29, 1.82) is 0 Å². The Morgan fingerprint density at radius 3 is 1.94 bits per heavy atom. The molecule has 3 nitrogen and oxygen atoms in total. The number of hydrogen-bond donors (Lipinski definition) is 3. The first-order valence-corrected chi connectivity index (χ1v) is 7.35. The number of aliphatic hydroxyl groups is 2. The van der Waals surface area contributed by atoms with Gasteiger partial charge in [-0.1, -0.05) is 32.1 Å². The lowest BCUT2D eigenvalue weighted by atomic mass is 10.1. The summed E-state index contributed by atoms with van der Waals surface area (Å²) in [5.41, 5.74) is -0.541. The molecule has 1 saturated carbocycles. The van der Waals surface area contributed by atoms with Gasteiger partial charge in [0.05, 0.1) is 0 Å². The zero-order valence-electron chi connectivity index (χ0n) is 11.1. The van der Waals surface area contributed by atoms with E-state index in [1.165, 1.54) is 32.1 Å². The first-order chi connectivity index (χ1) is 8.27. The third-order valence-corrected chi connectivity index (χ3v) is 3.72. The molecule has 0 spiro atoms. The molecule has 0 aliphatic heterocycles. The molecule has 0 atom stereocenters. The van der Waals surface area contributed by atoms with E-state index in [2.05, 4.69) is 5.32 Å². The highest BCUT2D eigenvalue weighted by atomic mass is 16.3. The van der Waals surface area contributed by atoms with Gasteiger partial charge in [0.25, 0.3) is 0 Å². The molecule has 0 aromatic carbocycles. The monoisotopic (exact) mass is 243 g/mol. The van der Waals surface area contributed by atoms with Gasteiger partial charge in [-0.3, -0.25) is 5.32 Å². The van der Waals surface area contributed by atoms with Crippen molar-refractivity contribution < 1.29 is 10.2 Å². The van der Waals surface area contributed by atoms with Crippen molar-refractivity contribution in [3.05, 3.63) is 0 Å². The molecule has 1 rings (SSSR count). The molecular formula is C14H29NO2. The van der Waals surface area contributed by atoms with Crippen LogP contribution in [0.4, 0.5) is 0 Å². The summed E-state index contributed by atoms with van der Waals surface area (Å²) in [5, 5.41) is 22.0. The van der Waals surface area contributed by atoms with E-state index in [0.717, 1.165) is 45.1 Å². The Labute approximate surface area is 106 Å². The fraction of sp³-hybridized carbons (Fsp3) is 1.00. The van der Waals surface area contributed by atoms with Crippen LogP contribution in [0.2, 0.25) is 0 Å². The van der Waals surface area contributed by atoms with Crippen molar-refractivity contribution >= 4 is 0 Å². The average molecular weight is 243 g/mol. The minimum absolute atomic E-state index is 0.336. The lowest BCUT2D eigenvalue weighted by Crippen LogP contribution is -2.42. The summed E-state index contributed by atoms with van der Waals surface area (Å²) >= 11 is 0. The Morgan fingerprint density at radius 1 is 0.824 bits per heavy atom. The van der Waals surface area contributed by atoms with Crippen LogP contribution in [-0.4, -0.2) is 29.1 Å². The van der Waals surface area contributed by atoms with E-state index >= 15 is 0 Å². The first-order valence-electron chi connectivity index (χ1n) is 7.35. The maximum absolute atomic E-state index is 10.1. The van der Waals surface area contributed by atoms with Crippen LogP contribution in [0.1, 0.15) is 70.6 Å². The largest absolute Gasteiger partial charge is 0.396 e. The van der Waals surface area contributed by atoms with E-state index in [4.69, 9.17) is 5.11 Å². The van der Waals surface area contributed by atoms with Crippen LogP contribution in [0.5, 0.6) is 0 Å². The second-order valence-corrected chi connectivity index (χ2v) is 5.36. The van der Waals surface area contributed by atoms with Crippen LogP contribution in [0.15, 0.2) is 0 Å².